The van der Waals surface area contributed by atoms with Crippen LogP contribution in [0.25, 0.3) is 0 Å². The number of carboxylic acids is 1. The molecule has 0 aliphatic heterocycles. The molecule has 21 heavy (non-hydrogen) atoms. The Morgan fingerprint density at radius 3 is 2.38 bits per heavy atom. The van der Waals surface area contributed by atoms with Crippen LogP contribution >= 0.6 is 0 Å². The normalized spacial score (nSPS) is 20.5. The van der Waals surface area contributed by atoms with Gasteiger partial charge in [0.2, 0.25) is 5.91 Å². The first kappa shape index (κ1) is 15.9. The summed E-state index contributed by atoms with van der Waals surface area (Å²) < 4.78 is 0. The summed E-state index contributed by atoms with van der Waals surface area (Å²) in [6.45, 7) is 1.09. The van der Waals surface area contributed by atoms with Crippen molar-refractivity contribution < 1.29 is 14.7 Å². The lowest BCUT2D eigenvalue weighted by molar-refractivity contribution is -0.142. The third-order valence-corrected chi connectivity index (χ3v) is 4.78. The number of carboxylic acid groups (broad SMARTS) is 1. The lowest BCUT2D eigenvalue weighted by Gasteiger charge is -2.37. The summed E-state index contributed by atoms with van der Waals surface area (Å²) in [6.07, 6.45) is 13.1. The van der Waals surface area contributed by atoms with Crippen molar-refractivity contribution in [3.05, 3.63) is 0 Å². The number of nitrogens with zero attached hydrogens (tertiary/aromatic N) is 1. The molecule has 1 N–H and O–H groups in total. The number of carbonyl (C=O) groups is 2. The first-order valence-corrected chi connectivity index (χ1v) is 7.98. The highest BCUT2D eigenvalue weighted by molar-refractivity contribution is 5.78. The van der Waals surface area contributed by atoms with Crippen LogP contribution in [0, 0.1) is 23.7 Å². The zero-order valence-electron chi connectivity index (χ0n) is 12.6. The highest BCUT2D eigenvalue weighted by Crippen LogP contribution is 2.43. The molecule has 2 rings (SSSR count). The first-order chi connectivity index (χ1) is 10.0. The quantitative estimate of drug-likeness (QED) is 0.734. The molecule has 2 aliphatic carbocycles. The van der Waals surface area contributed by atoms with E-state index in [1.807, 2.05) is 0 Å². The highest BCUT2D eigenvalue weighted by Gasteiger charge is 2.38. The number of aliphatic carboxylic acids is 1. The summed E-state index contributed by atoms with van der Waals surface area (Å²) in [5.41, 5.74) is -0.350. The maximum Gasteiger partial charge on any atom is 0.303 e. The molecule has 1 amide bonds. The molecular formula is C17H25NO3. The van der Waals surface area contributed by atoms with E-state index in [-0.39, 0.29) is 17.7 Å². The predicted molar refractivity (Wildman–Crippen MR) is 80.5 cm³/mol. The van der Waals surface area contributed by atoms with Crippen molar-refractivity contribution in [2.24, 2.45) is 11.3 Å². The molecule has 0 atom stereocenters. The Morgan fingerprint density at radius 1 is 1.19 bits per heavy atom. The monoisotopic (exact) mass is 291 g/mol. The van der Waals surface area contributed by atoms with E-state index >= 15 is 0 Å². The fourth-order valence-corrected chi connectivity index (χ4v) is 3.45. The van der Waals surface area contributed by atoms with E-state index in [1.54, 1.807) is 4.90 Å². The van der Waals surface area contributed by atoms with E-state index in [2.05, 4.69) is 5.92 Å². The topological polar surface area (TPSA) is 57.6 Å². The van der Waals surface area contributed by atoms with Crippen molar-refractivity contribution in [2.75, 3.05) is 13.1 Å². The van der Waals surface area contributed by atoms with Gasteiger partial charge in [-0.1, -0.05) is 25.2 Å². The Balaban J connectivity index is 2.01. The number of amides is 1. The molecule has 0 radical (unpaired) electrons. The standard InChI is InChI=1S/C17H25NO3/c1-2-10-18(13-14-6-7-14)15(19)11-17(12-16(20)21)8-4-3-5-9-17/h1,14H,3-13H2,(H,20,21). The minimum absolute atomic E-state index is 0.0444. The third-order valence-electron chi connectivity index (χ3n) is 4.78. The van der Waals surface area contributed by atoms with Crippen LogP contribution in [0.3, 0.4) is 0 Å². The van der Waals surface area contributed by atoms with Crippen LogP contribution in [-0.4, -0.2) is 35.0 Å². The zero-order valence-corrected chi connectivity index (χ0v) is 12.6. The van der Waals surface area contributed by atoms with Crippen LogP contribution in [-0.2, 0) is 9.59 Å². The summed E-state index contributed by atoms with van der Waals surface area (Å²) in [6, 6.07) is 0. The molecule has 0 unspecified atom stereocenters. The van der Waals surface area contributed by atoms with Gasteiger partial charge in [0.05, 0.1) is 13.0 Å². The molecule has 0 saturated heterocycles. The van der Waals surface area contributed by atoms with Gasteiger partial charge in [-0.25, -0.2) is 0 Å². The van der Waals surface area contributed by atoms with Gasteiger partial charge in [0.25, 0.3) is 0 Å². The molecule has 0 aromatic rings. The van der Waals surface area contributed by atoms with E-state index in [9.17, 15) is 14.7 Å². The summed E-state index contributed by atoms with van der Waals surface area (Å²) >= 11 is 0. The van der Waals surface area contributed by atoms with Gasteiger partial charge >= 0.3 is 5.97 Å². The maximum atomic E-state index is 12.6. The smallest absolute Gasteiger partial charge is 0.303 e. The number of carbonyl (C=O) groups excluding carboxylic acids is 1. The van der Waals surface area contributed by atoms with Crippen molar-refractivity contribution in [2.45, 2.75) is 57.8 Å². The van der Waals surface area contributed by atoms with Crippen molar-refractivity contribution in [3.8, 4) is 12.3 Å². The second kappa shape index (κ2) is 6.98. The first-order valence-electron chi connectivity index (χ1n) is 7.98. The SMILES string of the molecule is C#CCN(CC1CC1)C(=O)CC1(CC(=O)O)CCCCC1. The van der Waals surface area contributed by atoms with Crippen LogP contribution in [0.15, 0.2) is 0 Å². The van der Waals surface area contributed by atoms with Gasteiger partial charge in [-0.3, -0.25) is 9.59 Å². The van der Waals surface area contributed by atoms with Gasteiger partial charge in [0.1, 0.15) is 0 Å². The Labute approximate surface area is 126 Å². The average Bonchev–Trinajstić information content (AvgIpc) is 3.22. The number of rotatable bonds is 7. The Morgan fingerprint density at radius 2 is 1.86 bits per heavy atom. The van der Waals surface area contributed by atoms with Gasteiger partial charge in [-0.2, -0.15) is 0 Å². The minimum Gasteiger partial charge on any atom is -0.481 e. The molecule has 0 aromatic carbocycles. The molecule has 0 bridgehead atoms. The van der Waals surface area contributed by atoms with E-state index in [0.717, 1.165) is 38.6 Å². The second-order valence-corrected chi connectivity index (χ2v) is 6.73. The largest absolute Gasteiger partial charge is 0.481 e. The fraction of sp³-hybridized carbons (Fsp3) is 0.765. The summed E-state index contributed by atoms with van der Waals surface area (Å²) in [7, 11) is 0. The van der Waals surface area contributed by atoms with Crippen LogP contribution in [0.5, 0.6) is 0 Å². The predicted octanol–water partition coefficient (Wildman–Crippen LogP) is 2.67. The molecule has 2 aliphatic rings. The molecule has 0 aromatic heterocycles. The van der Waals surface area contributed by atoms with E-state index in [1.165, 1.54) is 12.8 Å². The van der Waals surface area contributed by atoms with Crippen LogP contribution in [0.1, 0.15) is 57.8 Å². The molecule has 4 nitrogen and oxygen atoms in total. The Hall–Kier alpha value is -1.50. The van der Waals surface area contributed by atoms with E-state index in [4.69, 9.17) is 6.42 Å². The van der Waals surface area contributed by atoms with Crippen LogP contribution in [0.4, 0.5) is 0 Å². The third kappa shape index (κ3) is 4.77. The lowest BCUT2D eigenvalue weighted by Crippen LogP contribution is -2.39. The molecule has 116 valence electrons. The molecular weight excluding hydrogens is 266 g/mol. The van der Waals surface area contributed by atoms with Crippen molar-refractivity contribution in [1.82, 2.24) is 4.90 Å². The highest BCUT2D eigenvalue weighted by atomic mass is 16.4. The average molecular weight is 291 g/mol. The van der Waals surface area contributed by atoms with Crippen LogP contribution in [0.2, 0.25) is 0 Å². The zero-order chi connectivity index (χ0) is 15.3. The molecule has 4 heteroatoms. The molecule has 2 saturated carbocycles. The van der Waals surface area contributed by atoms with E-state index < -0.39 is 5.97 Å². The molecule has 0 spiro atoms. The van der Waals surface area contributed by atoms with Gasteiger partial charge in [-0.05, 0) is 37.0 Å². The van der Waals surface area contributed by atoms with Gasteiger partial charge in [-0.15, -0.1) is 6.42 Å². The summed E-state index contributed by atoms with van der Waals surface area (Å²) in [5.74, 6) is 2.41. The number of hydrogen-bond donors (Lipinski definition) is 1. The van der Waals surface area contributed by atoms with Crippen LogP contribution < -0.4 is 0 Å². The maximum absolute atomic E-state index is 12.6. The minimum atomic E-state index is -0.796. The summed E-state index contributed by atoms with van der Waals surface area (Å²) in [4.78, 5) is 25.5. The van der Waals surface area contributed by atoms with E-state index in [0.29, 0.717) is 18.9 Å². The fourth-order valence-electron chi connectivity index (χ4n) is 3.45. The Kier molecular flexibility index (Phi) is 5.27. The molecule has 2 fully saturated rings. The van der Waals surface area contributed by atoms with Gasteiger partial charge in [0, 0.05) is 13.0 Å². The van der Waals surface area contributed by atoms with Crippen molar-refractivity contribution in [3.63, 3.8) is 0 Å². The second-order valence-electron chi connectivity index (χ2n) is 6.73. The lowest BCUT2D eigenvalue weighted by atomic mass is 9.69. The number of hydrogen-bond acceptors (Lipinski definition) is 2. The number of terminal acetylenes is 1. The molecule has 0 heterocycles. The summed E-state index contributed by atoms with van der Waals surface area (Å²) in [5, 5.41) is 9.18. The van der Waals surface area contributed by atoms with Crippen molar-refractivity contribution >= 4 is 11.9 Å². The van der Waals surface area contributed by atoms with Crippen molar-refractivity contribution in [1.29, 1.82) is 0 Å². The Bertz CT molecular complexity index is 428. The van der Waals surface area contributed by atoms with Gasteiger partial charge < -0.3 is 10.0 Å². The van der Waals surface area contributed by atoms with Gasteiger partial charge in [0.15, 0.2) is 0 Å².